The molecule has 0 spiro atoms. The van der Waals surface area contributed by atoms with E-state index in [0.29, 0.717) is 22.0 Å². The second-order valence-electron chi connectivity index (χ2n) is 8.85. The Bertz CT molecular complexity index is 1070. The number of rotatable bonds is 6. The molecular weight excluding hydrogens is 418 g/mol. The number of hydrogen-bond acceptors (Lipinski definition) is 4. The van der Waals surface area contributed by atoms with Crippen LogP contribution in [0.3, 0.4) is 0 Å². The number of urea groups is 1. The first-order chi connectivity index (χ1) is 15.7. The van der Waals surface area contributed by atoms with E-state index in [4.69, 9.17) is 4.74 Å². The lowest BCUT2D eigenvalue weighted by Crippen LogP contribution is -2.31. The highest BCUT2D eigenvalue weighted by molar-refractivity contribution is 7.17. The van der Waals surface area contributed by atoms with E-state index in [0.717, 1.165) is 11.4 Å². The zero-order chi connectivity index (χ0) is 21.9. The highest BCUT2D eigenvalue weighted by atomic mass is 32.1. The van der Waals surface area contributed by atoms with Crippen molar-refractivity contribution in [2.45, 2.75) is 56.8 Å². The molecule has 0 bridgehead atoms. The number of thiazole rings is 1. The van der Waals surface area contributed by atoms with Gasteiger partial charge >= 0.3 is 6.03 Å². The molecule has 1 heterocycles. The summed E-state index contributed by atoms with van der Waals surface area (Å²) in [5, 5.41) is 4.06. The van der Waals surface area contributed by atoms with Crippen molar-refractivity contribution in [3.8, 4) is 10.8 Å². The van der Waals surface area contributed by atoms with Crippen molar-refractivity contribution in [1.29, 1.82) is 0 Å². The molecule has 0 atom stereocenters. The average molecular weight is 448 g/mol. The second kappa shape index (κ2) is 9.33. The zero-order valence-electron chi connectivity index (χ0n) is 18.4. The Morgan fingerprint density at radius 1 is 1.00 bits per heavy atom. The lowest BCUT2D eigenvalue weighted by Gasteiger charge is -2.22. The summed E-state index contributed by atoms with van der Waals surface area (Å²) < 4.78 is 5.97. The quantitative estimate of drug-likeness (QED) is 0.425. The van der Waals surface area contributed by atoms with Gasteiger partial charge in [-0.3, -0.25) is 10.2 Å². The van der Waals surface area contributed by atoms with E-state index < -0.39 is 0 Å². The first-order valence-electron chi connectivity index (χ1n) is 11.5. The van der Waals surface area contributed by atoms with Gasteiger partial charge in [0, 0.05) is 12.7 Å². The van der Waals surface area contributed by atoms with Gasteiger partial charge in [-0.15, -0.1) is 0 Å². The van der Waals surface area contributed by atoms with Crippen molar-refractivity contribution in [3.63, 3.8) is 0 Å². The molecule has 2 aliphatic rings. The third-order valence-electron chi connectivity index (χ3n) is 6.48. The summed E-state index contributed by atoms with van der Waals surface area (Å²) in [4.78, 5) is 18.6. The number of aromatic nitrogens is 1. The van der Waals surface area contributed by atoms with Gasteiger partial charge in [-0.25, -0.2) is 9.78 Å². The van der Waals surface area contributed by atoms with Gasteiger partial charge in [0.1, 0.15) is 5.75 Å². The van der Waals surface area contributed by atoms with E-state index in [2.05, 4.69) is 34.6 Å². The first-order valence-corrected chi connectivity index (χ1v) is 12.4. The zero-order valence-corrected chi connectivity index (χ0v) is 19.2. The van der Waals surface area contributed by atoms with Crippen LogP contribution in [0.4, 0.5) is 15.6 Å². The van der Waals surface area contributed by atoms with Gasteiger partial charge in [-0.1, -0.05) is 54.9 Å². The SMILES string of the molecule is CN(C(=O)Nc1ncc(Oc2ccc(C3CCCCC3)cc2)s1)c1cccc(C2CC2)c1. The summed E-state index contributed by atoms with van der Waals surface area (Å²) in [5.41, 5.74) is 3.60. The minimum absolute atomic E-state index is 0.212. The fourth-order valence-corrected chi connectivity index (χ4v) is 5.10. The molecule has 3 aromatic rings. The average Bonchev–Trinajstić information content (AvgIpc) is 3.60. The fraction of sp³-hybridized carbons (Fsp3) is 0.385. The highest BCUT2D eigenvalue weighted by Gasteiger charge is 2.24. The van der Waals surface area contributed by atoms with Crippen LogP contribution in [0, 0.1) is 0 Å². The number of benzene rings is 2. The predicted octanol–water partition coefficient (Wildman–Crippen LogP) is 7.53. The Balaban J connectivity index is 1.18. The van der Waals surface area contributed by atoms with Crippen LogP contribution in [-0.2, 0) is 0 Å². The Labute approximate surface area is 193 Å². The lowest BCUT2D eigenvalue weighted by molar-refractivity contribution is 0.258. The Morgan fingerprint density at radius 3 is 2.50 bits per heavy atom. The molecular formula is C26H29N3O2S. The molecule has 32 heavy (non-hydrogen) atoms. The van der Waals surface area contributed by atoms with Gasteiger partial charge in [0.15, 0.2) is 5.13 Å². The molecule has 2 saturated carbocycles. The van der Waals surface area contributed by atoms with E-state index in [1.54, 1.807) is 18.1 Å². The van der Waals surface area contributed by atoms with Gasteiger partial charge < -0.3 is 4.74 Å². The predicted molar refractivity (Wildman–Crippen MR) is 130 cm³/mol. The number of carbonyl (C=O) groups excluding carboxylic acids is 1. The van der Waals surface area contributed by atoms with Gasteiger partial charge in [0.05, 0.1) is 6.20 Å². The maximum atomic E-state index is 12.7. The fourth-order valence-electron chi connectivity index (χ4n) is 4.42. The number of anilines is 2. The molecule has 5 rings (SSSR count). The van der Waals surface area contributed by atoms with Crippen LogP contribution in [-0.4, -0.2) is 18.1 Å². The molecule has 2 aliphatic carbocycles. The molecule has 1 N–H and O–H groups in total. The minimum atomic E-state index is -0.212. The van der Waals surface area contributed by atoms with Crippen molar-refractivity contribution in [1.82, 2.24) is 4.98 Å². The summed E-state index contributed by atoms with van der Waals surface area (Å²) in [6.07, 6.45) is 10.7. The largest absolute Gasteiger partial charge is 0.445 e. The molecule has 166 valence electrons. The third-order valence-corrected chi connectivity index (χ3v) is 7.28. The van der Waals surface area contributed by atoms with E-state index in [1.807, 2.05) is 24.3 Å². The highest BCUT2D eigenvalue weighted by Crippen LogP contribution is 2.41. The van der Waals surface area contributed by atoms with Crippen LogP contribution in [0.5, 0.6) is 10.8 Å². The first kappa shape index (κ1) is 21.0. The van der Waals surface area contributed by atoms with Crippen molar-refractivity contribution in [2.75, 3.05) is 17.3 Å². The summed E-state index contributed by atoms with van der Waals surface area (Å²) in [6, 6.07) is 16.4. The summed E-state index contributed by atoms with van der Waals surface area (Å²) in [7, 11) is 1.78. The Kier molecular flexibility index (Phi) is 6.12. The summed E-state index contributed by atoms with van der Waals surface area (Å²) in [5.74, 6) is 2.13. The normalized spacial score (nSPS) is 16.5. The number of carbonyl (C=O) groups is 1. The molecule has 2 aromatic carbocycles. The number of amides is 2. The van der Waals surface area contributed by atoms with Gasteiger partial charge in [-0.05, 0) is 72.9 Å². The van der Waals surface area contributed by atoms with Crippen LogP contribution in [0.1, 0.15) is 67.9 Å². The monoisotopic (exact) mass is 447 g/mol. The van der Waals surface area contributed by atoms with E-state index in [9.17, 15) is 4.79 Å². The summed E-state index contributed by atoms with van der Waals surface area (Å²) >= 11 is 1.33. The van der Waals surface area contributed by atoms with Crippen molar-refractivity contribution < 1.29 is 9.53 Å². The van der Waals surface area contributed by atoms with Crippen molar-refractivity contribution in [2.24, 2.45) is 0 Å². The molecule has 2 amide bonds. The van der Waals surface area contributed by atoms with Crippen LogP contribution >= 0.6 is 11.3 Å². The Morgan fingerprint density at radius 2 is 1.75 bits per heavy atom. The number of nitrogens with zero attached hydrogens (tertiary/aromatic N) is 2. The van der Waals surface area contributed by atoms with E-state index in [-0.39, 0.29) is 6.03 Å². The van der Waals surface area contributed by atoms with Crippen LogP contribution in [0.2, 0.25) is 0 Å². The van der Waals surface area contributed by atoms with Gasteiger partial charge in [-0.2, -0.15) is 0 Å². The van der Waals surface area contributed by atoms with Gasteiger partial charge in [0.25, 0.3) is 0 Å². The van der Waals surface area contributed by atoms with Crippen molar-refractivity contribution >= 4 is 28.2 Å². The van der Waals surface area contributed by atoms with Crippen LogP contribution in [0.25, 0.3) is 0 Å². The molecule has 5 nitrogen and oxygen atoms in total. The summed E-state index contributed by atoms with van der Waals surface area (Å²) in [6.45, 7) is 0. The van der Waals surface area contributed by atoms with E-state index in [1.165, 1.54) is 67.4 Å². The molecule has 0 saturated heterocycles. The maximum absolute atomic E-state index is 12.7. The van der Waals surface area contributed by atoms with Crippen molar-refractivity contribution in [3.05, 3.63) is 65.9 Å². The third kappa shape index (κ3) is 4.96. The number of hydrogen-bond donors (Lipinski definition) is 1. The molecule has 2 fully saturated rings. The topological polar surface area (TPSA) is 54.5 Å². The molecule has 0 unspecified atom stereocenters. The number of nitrogens with one attached hydrogen (secondary N) is 1. The Hall–Kier alpha value is -2.86. The molecule has 6 heteroatoms. The molecule has 0 aliphatic heterocycles. The van der Waals surface area contributed by atoms with E-state index >= 15 is 0 Å². The lowest BCUT2D eigenvalue weighted by atomic mass is 9.84. The maximum Gasteiger partial charge on any atom is 0.327 e. The molecule has 0 radical (unpaired) electrons. The van der Waals surface area contributed by atoms with Crippen LogP contribution < -0.4 is 15.0 Å². The van der Waals surface area contributed by atoms with Crippen LogP contribution in [0.15, 0.2) is 54.7 Å². The smallest absolute Gasteiger partial charge is 0.327 e. The number of ether oxygens (including phenoxy) is 1. The molecule has 1 aromatic heterocycles. The second-order valence-corrected chi connectivity index (χ2v) is 9.84. The minimum Gasteiger partial charge on any atom is -0.445 e. The standard InChI is InChI=1S/C26H29N3O2S/c1-29(22-9-5-8-21(16-22)20-10-11-20)26(30)28-25-27-17-24(32-25)31-23-14-12-19(13-15-23)18-6-3-2-4-7-18/h5,8-9,12-18,20H,2-4,6-7,10-11H2,1H3,(H,27,28,30). The van der Waals surface area contributed by atoms with Gasteiger partial charge in [0.2, 0.25) is 5.06 Å².